The highest BCUT2D eigenvalue weighted by molar-refractivity contribution is 5.85. The van der Waals surface area contributed by atoms with Crippen molar-refractivity contribution in [2.45, 2.75) is 32.0 Å². The number of carbonyl (C=O) groups excluding carboxylic acids is 1. The standard InChI is InChI=1S/C15H21NO3.ClH/c1-15(2)11-16(9-12-7-5-4-6-8-12)13(10-19-15)14(17)18-3;/h4-8,13H,9-11H2,1-3H3;1H/t13-;/m1./s1. The fourth-order valence-electron chi connectivity index (χ4n) is 2.39. The Morgan fingerprint density at radius 1 is 1.40 bits per heavy atom. The number of benzene rings is 1. The predicted molar refractivity (Wildman–Crippen MR) is 79.9 cm³/mol. The molecule has 1 aromatic rings. The molecule has 1 fully saturated rings. The van der Waals surface area contributed by atoms with E-state index >= 15 is 0 Å². The van der Waals surface area contributed by atoms with E-state index in [0.29, 0.717) is 13.2 Å². The zero-order valence-electron chi connectivity index (χ0n) is 12.2. The molecule has 0 aliphatic carbocycles. The normalized spacial score (nSPS) is 21.9. The Morgan fingerprint density at radius 2 is 2.05 bits per heavy atom. The van der Waals surface area contributed by atoms with E-state index in [-0.39, 0.29) is 30.0 Å². The minimum absolute atomic E-state index is 0. The molecule has 1 aliphatic rings. The lowest BCUT2D eigenvalue weighted by Gasteiger charge is -2.42. The second-order valence-electron chi connectivity index (χ2n) is 5.50. The van der Waals surface area contributed by atoms with Gasteiger partial charge in [0.15, 0.2) is 0 Å². The first-order chi connectivity index (χ1) is 9.02. The molecule has 1 heterocycles. The summed E-state index contributed by atoms with van der Waals surface area (Å²) in [6, 6.07) is 9.82. The summed E-state index contributed by atoms with van der Waals surface area (Å²) < 4.78 is 10.6. The van der Waals surface area contributed by atoms with Crippen LogP contribution in [0.5, 0.6) is 0 Å². The summed E-state index contributed by atoms with van der Waals surface area (Å²) in [6.07, 6.45) is 0. The van der Waals surface area contributed by atoms with Crippen LogP contribution in [0.3, 0.4) is 0 Å². The van der Waals surface area contributed by atoms with Crippen molar-refractivity contribution >= 4 is 18.4 Å². The average Bonchev–Trinajstić information content (AvgIpc) is 2.38. The van der Waals surface area contributed by atoms with Crippen LogP contribution in [-0.2, 0) is 20.8 Å². The fraction of sp³-hybridized carbons (Fsp3) is 0.533. The molecule has 2 rings (SSSR count). The largest absolute Gasteiger partial charge is 0.468 e. The van der Waals surface area contributed by atoms with Crippen molar-refractivity contribution < 1.29 is 14.3 Å². The van der Waals surface area contributed by atoms with Crippen molar-refractivity contribution in [1.29, 1.82) is 0 Å². The van der Waals surface area contributed by atoms with Crippen molar-refractivity contribution in [2.75, 3.05) is 20.3 Å². The minimum Gasteiger partial charge on any atom is -0.468 e. The second-order valence-corrected chi connectivity index (χ2v) is 5.50. The van der Waals surface area contributed by atoms with Crippen molar-refractivity contribution in [3.05, 3.63) is 35.9 Å². The molecule has 1 atom stereocenters. The number of rotatable bonds is 3. The lowest BCUT2D eigenvalue weighted by molar-refractivity contribution is -0.166. The van der Waals surface area contributed by atoms with Gasteiger partial charge in [-0.1, -0.05) is 30.3 Å². The number of carbonyl (C=O) groups is 1. The van der Waals surface area contributed by atoms with Gasteiger partial charge in [-0.3, -0.25) is 9.69 Å². The zero-order valence-corrected chi connectivity index (χ0v) is 13.0. The van der Waals surface area contributed by atoms with Crippen LogP contribution in [0.15, 0.2) is 30.3 Å². The van der Waals surface area contributed by atoms with Crippen LogP contribution in [0.1, 0.15) is 19.4 Å². The number of halogens is 1. The van der Waals surface area contributed by atoms with Gasteiger partial charge in [-0.2, -0.15) is 0 Å². The summed E-state index contributed by atoms with van der Waals surface area (Å²) in [5, 5.41) is 0. The molecule has 1 aliphatic heterocycles. The highest BCUT2D eigenvalue weighted by atomic mass is 35.5. The van der Waals surface area contributed by atoms with Crippen LogP contribution in [0.4, 0.5) is 0 Å². The smallest absolute Gasteiger partial charge is 0.325 e. The first-order valence-corrected chi connectivity index (χ1v) is 6.51. The van der Waals surface area contributed by atoms with E-state index < -0.39 is 0 Å². The molecular formula is C15H22ClNO3. The third-order valence-electron chi connectivity index (χ3n) is 3.36. The molecule has 0 spiro atoms. The van der Waals surface area contributed by atoms with Crippen molar-refractivity contribution in [3.8, 4) is 0 Å². The number of hydrogen-bond acceptors (Lipinski definition) is 4. The molecular weight excluding hydrogens is 278 g/mol. The predicted octanol–water partition coefficient (Wildman–Crippen LogP) is 2.26. The lowest BCUT2D eigenvalue weighted by Crippen LogP contribution is -2.56. The maximum absolute atomic E-state index is 11.8. The summed E-state index contributed by atoms with van der Waals surface area (Å²) in [5.41, 5.74) is 0.952. The molecule has 4 nitrogen and oxygen atoms in total. The van der Waals surface area contributed by atoms with Crippen LogP contribution in [0.25, 0.3) is 0 Å². The van der Waals surface area contributed by atoms with E-state index in [1.54, 1.807) is 0 Å². The third kappa shape index (κ3) is 4.20. The molecule has 0 N–H and O–H groups in total. The maximum Gasteiger partial charge on any atom is 0.325 e. The molecule has 0 amide bonds. The van der Waals surface area contributed by atoms with Gasteiger partial charge in [-0.15, -0.1) is 12.4 Å². The molecule has 0 bridgehead atoms. The van der Waals surface area contributed by atoms with Crippen LogP contribution < -0.4 is 0 Å². The van der Waals surface area contributed by atoms with Crippen molar-refractivity contribution in [2.24, 2.45) is 0 Å². The summed E-state index contributed by atoms with van der Waals surface area (Å²) in [7, 11) is 1.42. The molecule has 0 unspecified atom stereocenters. The summed E-state index contributed by atoms with van der Waals surface area (Å²) >= 11 is 0. The Labute approximate surface area is 126 Å². The van der Waals surface area contributed by atoms with Gasteiger partial charge in [0.25, 0.3) is 0 Å². The van der Waals surface area contributed by atoms with Gasteiger partial charge in [0.2, 0.25) is 0 Å². The topological polar surface area (TPSA) is 38.8 Å². The highest BCUT2D eigenvalue weighted by Crippen LogP contribution is 2.23. The van der Waals surface area contributed by atoms with Gasteiger partial charge in [0, 0.05) is 13.1 Å². The van der Waals surface area contributed by atoms with E-state index in [1.165, 1.54) is 12.7 Å². The molecule has 5 heteroatoms. The molecule has 0 radical (unpaired) electrons. The van der Waals surface area contributed by atoms with E-state index in [1.807, 2.05) is 32.0 Å². The zero-order chi connectivity index (χ0) is 13.9. The molecule has 112 valence electrons. The van der Waals surface area contributed by atoms with Crippen LogP contribution in [0.2, 0.25) is 0 Å². The Hall–Kier alpha value is -1.10. The molecule has 1 saturated heterocycles. The Kier molecular flexibility index (Phi) is 5.99. The van der Waals surface area contributed by atoms with Crippen LogP contribution >= 0.6 is 12.4 Å². The first-order valence-electron chi connectivity index (χ1n) is 6.51. The summed E-state index contributed by atoms with van der Waals surface area (Å²) in [6.45, 7) is 5.90. The Balaban J connectivity index is 0.00000200. The number of esters is 1. The van der Waals surface area contributed by atoms with Gasteiger partial charge < -0.3 is 9.47 Å². The van der Waals surface area contributed by atoms with Crippen molar-refractivity contribution in [3.63, 3.8) is 0 Å². The van der Waals surface area contributed by atoms with E-state index in [0.717, 1.165) is 6.54 Å². The molecule has 20 heavy (non-hydrogen) atoms. The van der Waals surface area contributed by atoms with Gasteiger partial charge >= 0.3 is 5.97 Å². The van der Waals surface area contributed by atoms with Gasteiger partial charge in [-0.05, 0) is 19.4 Å². The summed E-state index contributed by atoms with van der Waals surface area (Å²) in [4.78, 5) is 14.0. The van der Waals surface area contributed by atoms with E-state index in [4.69, 9.17) is 9.47 Å². The SMILES string of the molecule is COC(=O)[C@H]1COC(C)(C)CN1Cc1ccccc1.Cl. The van der Waals surface area contributed by atoms with Gasteiger partial charge in [0.05, 0.1) is 19.3 Å². The number of ether oxygens (including phenoxy) is 2. The lowest BCUT2D eigenvalue weighted by atomic mass is 10.0. The second kappa shape index (κ2) is 7.07. The monoisotopic (exact) mass is 299 g/mol. The number of methoxy groups -OCH3 is 1. The number of nitrogens with zero attached hydrogens (tertiary/aromatic N) is 1. The van der Waals surface area contributed by atoms with E-state index in [9.17, 15) is 4.79 Å². The minimum atomic E-state index is -0.321. The van der Waals surface area contributed by atoms with Gasteiger partial charge in [0.1, 0.15) is 6.04 Å². The van der Waals surface area contributed by atoms with E-state index in [2.05, 4.69) is 17.0 Å². The van der Waals surface area contributed by atoms with Crippen LogP contribution in [-0.4, -0.2) is 42.8 Å². The maximum atomic E-state index is 11.8. The quantitative estimate of drug-likeness (QED) is 0.803. The highest BCUT2D eigenvalue weighted by Gasteiger charge is 2.38. The third-order valence-corrected chi connectivity index (χ3v) is 3.36. The number of hydrogen-bond donors (Lipinski definition) is 0. The number of morpholine rings is 1. The molecule has 1 aromatic carbocycles. The first kappa shape index (κ1) is 17.0. The van der Waals surface area contributed by atoms with Gasteiger partial charge in [-0.25, -0.2) is 0 Å². The Bertz CT molecular complexity index is 436. The summed E-state index contributed by atoms with van der Waals surface area (Å²) in [5.74, 6) is -0.230. The molecule has 0 aromatic heterocycles. The van der Waals surface area contributed by atoms with Crippen LogP contribution in [0, 0.1) is 0 Å². The van der Waals surface area contributed by atoms with Crippen molar-refractivity contribution in [1.82, 2.24) is 4.90 Å². The average molecular weight is 300 g/mol. The Morgan fingerprint density at radius 3 is 2.65 bits per heavy atom. The molecule has 0 saturated carbocycles. The fourth-order valence-corrected chi connectivity index (χ4v) is 2.39.